The topological polar surface area (TPSA) is 105 Å². The number of sulfonamides is 1. The average molecular weight is 433 g/mol. The van der Waals surface area contributed by atoms with Gasteiger partial charge in [-0.25, -0.2) is 8.42 Å². The fraction of sp³-hybridized carbons (Fsp3) is 0.409. The van der Waals surface area contributed by atoms with Crippen molar-refractivity contribution in [3.63, 3.8) is 0 Å². The van der Waals surface area contributed by atoms with Crippen molar-refractivity contribution in [2.75, 3.05) is 18.4 Å². The molecule has 0 unspecified atom stereocenters. The van der Waals surface area contributed by atoms with Gasteiger partial charge in [0.15, 0.2) is 0 Å². The second-order valence-electron chi connectivity index (χ2n) is 7.60. The van der Waals surface area contributed by atoms with E-state index in [9.17, 15) is 18.3 Å². The van der Waals surface area contributed by atoms with Crippen molar-refractivity contribution in [2.45, 2.75) is 43.0 Å². The van der Waals surface area contributed by atoms with Gasteiger partial charge in [-0.3, -0.25) is 9.52 Å². The molecule has 2 aromatic rings. The average Bonchev–Trinajstić information content (AvgIpc) is 3.26. The Labute approximate surface area is 177 Å². The molecule has 1 atom stereocenters. The fourth-order valence-electron chi connectivity index (χ4n) is 3.77. The first kappa shape index (κ1) is 22.1. The van der Waals surface area contributed by atoms with Gasteiger partial charge in [-0.05, 0) is 54.8 Å². The van der Waals surface area contributed by atoms with Crippen LogP contribution in [0.3, 0.4) is 0 Å². The maximum absolute atomic E-state index is 12.7. The van der Waals surface area contributed by atoms with Crippen molar-refractivity contribution in [3.05, 3.63) is 54.1 Å². The summed E-state index contributed by atoms with van der Waals surface area (Å²) in [7, 11) is -2.33. The van der Waals surface area contributed by atoms with Crippen molar-refractivity contribution in [1.29, 1.82) is 0 Å². The van der Waals surface area contributed by atoms with Gasteiger partial charge in [0, 0.05) is 11.3 Å². The van der Waals surface area contributed by atoms with Gasteiger partial charge < -0.3 is 15.2 Å². The monoisotopic (exact) mass is 432 g/mol. The van der Waals surface area contributed by atoms with Gasteiger partial charge in [-0.1, -0.05) is 31.7 Å². The molecule has 0 saturated heterocycles. The summed E-state index contributed by atoms with van der Waals surface area (Å²) in [5.41, 5.74) is 0.625. The smallest absolute Gasteiger partial charge is 0.261 e. The molecule has 1 saturated carbocycles. The van der Waals surface area contributed by atoms with E-state index < -0.39 is 15.9 Å². The Hall–Kier alpha value is -2.58. The van der Waals surface area contributed by atoms with Crippen molar-refractivity contribution in [2.24, 2.45) is 5.92 Å². The van der Waals surface area contributed by atoms with E-state index in [2.05, 4.69) is 10.0 Å². The number of methoxy groups -OCH3 is 1. The zero-order chi connectivity index (χ0) is 21.6. The summed E-state index contributed by atoms with van der Waals surface area (Å²) in [6.07, 6.45) is 5.36. The molecule has 0 spiro atoms. The number of benzene rings is 2. The predicted molar refractivity (Wildman–Crippen MR) is 115 cm³/mol. The predicted octanol–water partition coefficient (Wildman–Crippen LogP) is 3.17. The number of hydrogen-bond acceptors (Lipinski definition) is 5. The third kappa shape index (κ3) is 5.73. The summed E-state index contributed by atoms with van der Waals surface area (Å²) in [5, 5.41) is 12.5. The third-order valence-electron chi connectivity index (χ3n) is 5.40. The maximum atomic E-state index is 12.7. The number of anilines is 1. The lowest BCUT2D eigenvalue weighted by Crippen LogP contribution is -2.38. The number of aliphatic hydroxyl groups is 1. The third-order valence-corrected chi connectivity index (χ3v) is 6.78. The fourth-order valence-corrected chi connectivity index (χ4v) is 4.88. The summed E-state index contributed by atoms with van der Waals surface area (Å²) in [6, 6.07) is 12.0. The minimum atomic E-state index is -3.86. The summed E-state index contributed by atoms with van der Waals surface area (Å²) in [4.78, 5) is 12.6. The number of nitrogens with one attached hydrogen (secondary N) is 2. The summed E-state index contributed by atoms with van der Waals surface area (Å²) in [5.74, 6) is 0.740. The Morgan fingerprint density at radius 3 is 2.50 bits per heavy atom. The highest BCUT2D eigenvalue weighted by molar-refractivity contribution is 7.92. The molecule has 1 aliphatic rings. The first-order valence-electron chi connectivity index (χ1n) is 10.1. The first-order chi connectivity index (χ1) is 14.4. The lowest BCUT2D eigenvalue weighted by atomic mass is 9.98. The summed E-state index contributed by atoms with van der Waals surface area (Å²) >= 11 is 0. The molecule has 1 fully saturated rings. The number of carbonyl (C=O) groups is 1. The number of aliphatic hydroxyl groups excluding tert-OH is 1. The Morgan fingerprint density at radius 1 is 1.17 bits per heavy atom. The van der Waals surface area contributed by atoms with Crippen LogP contribution in [-0.4, -0.2) is 39.2 Å². The second-order valence-corrected chi connectivity index (χ2v) is 9.28. The van der Waals surface area contributed by atoms with Crippen molar-refractivity contribution < 1.29 is 23.1 Å². The van der Waals surface area contributed by atoms with Crippen LogP contribution in [0.2, 0.25) is 0 Å². The number of hydrogen-bond donors (Lipinski definition) is 3. The second kappa shape index (κ2) is 9.95. The Morgan fingerprint density at radius 2 is 1.87 bits per heavy atom. The Kier molecular flexibility index (Phi) is 7.33. The molecule has 0 aromatic heterocycles. The van der Waals surface area contributed by atoms with Crippen molar-refractivity contribution in [1.82, 2.24) is 5.32 Å². The standard InChI is InChI=1S/C22H28N2O5S/c1-29-20-11-9-18(10-12-20)24-30(27,28)21-8-4-7-17(14-21)22(26)23-19(15-25)13-16-5-2-3-6-16/h4,7-12,14,16,19,24-25H,2-3,5-6,13,15H2,1H3,(H,23,26)/t19-/m1/s1. The van der Waals surface area contributed by atoms with Crippen molar-refractivity contribution in [3.8, 4) is 5.75 Å². The highest BCUT2D eigenvalue weighted by Gasteiger charge is 2.22. The van der Waals surface area contributed by atoms with E-state index in [0.29, 0.717) is 17.4 Å². The van der Waals surface area contributed by atoms with Gasteiger partial charge in [-0.15, -0.1) is 0 Å². The lowest BCUT2D eigenvalue weighted by Gasteiger charge is -2.20. The van der Waals surface area contributed by atoms with E-state index in [1.54, 1.807) is 30.3 Å². The molecular formula is C22H28N2O5S. The zero-order valence-corrected chi connectivity index (χ0v) is 17.8. The lowest BCUT2D eigenvalue weighted by molar-refractivity contribution is 0.0906. The Bertz CT molecular complexity index is 954. The van der Waals surface area contributed by atoms with Crippen LogP contribution in [0.15, 0.2) is 53.4 Å². The van der Waals surface area contributed by atoms with E-state index in [0.717, 1.165) is 19.3 Å². The minimum Gasteiger partial charge on any atom is -0.497 e. The van der Waals surface area contributed by atoms with Crippen molar-refractivity contribution >= 4 is 21.6 Å². The molecule has 0 radical (unpaired) electrons. The van der Waals surface area contributed by atoms with E-state index in [1.807, 2.05) is 0 Å². The largest absolute Gasteiger partial charge is 0.497 e. The molecule has 2 aromatic carbocycles. The molecule has 0 aliphatic heterocycles. The van der Waals surface area contributed by atoms with Gasteiger partial charge in [0.2, 0.25) is 0 Å². The molecule has 3 N–H and O–H groups in total. The van der Waals surface area contributed by atoms with E-state index in [1.165, 1.54) is 38.2 Å². The molecule has 7 nitrogen and oxygen atoms in total. The van der Waals surface area contributed by atoms with Crippen LogP contribution in [0, 0.1) is 5.92 Å². The molecule has 3 rings (SSSR count). The molecule has 30 heavy (non-hydrogen) atoms. The van der Waals surface area contributed by atoms with Gasteiger partial charge in [0.25, 0.3) is 15.9 Å². The van der Waals surface area contributed by atoms with Crippen LogP contribution in [0.4, 0.5) is 5.69 Å². The van der Waals surface area contributed by atoms with Gasteiger partial charge in [-0.2, -0.15) is 0 Å². The molecule has 1 amide bonds. The SMILES string of the molecule is COc1ccc(NS(=O)(=O)c2cccc(C(=O)N[C@@H](CO)CC3CCCC3)c2)cc1. The van der Waals surface area contributed by atoms with Gasteiger partial charge in [0.1, 0.15) is 5.75 Å². The number of amides is 1. The van der Waals surface area contributed by atoms with Gasteiger partial charge >= 0.3 is 0 Å². The maximum Gasteiger partial charge on any atom is 0.261 e. The highest BCUT2D eigenvalue weighted by atomic mass is 32.2. The normalized spacial score (nSPS) is 15.5. The first-order valence-corrected chi connectivity index (χ1v) is 11.6. The Balaban J connectivity index is 1.69. The van der Waals surface area contributed by atoms with Crippen LogP contribution in [0.25, 0.3) is 0 Å². The van der Waals surface area contributed by atoms with Crippen LogP contribution in [0.1, 0.15) is 42.5 Å². The molecule has 1 aliphatic carbocycles. The molecule has 0 heterocycles. The van der Waals surface area contributed by atoms with E-state index in [4.69, 9.17) is 4.74 Å². The van der Waals surface area contributed by atoms with Gasteiger partial charge in [0.05, 0.1) is 24.7 Å². The number of ether oxygens (including phenoxy) is 1. The number of carbonyl (C=O) groups excluding carboxylic acids is 1. The molecular weight excluding hydrogens is 404 g/mol. The molecule has 0 bridgehead atoms. The van der Waals surface area contributed by atoms with E-state index in [-0.39, 0.29) is 23.1 Å². The van der Waals surface area contributed by atoms with Crippen LogP contribution in [-0.2, 0) is 10.0 Å². The highest BCUT2D eigenvalue weighted by Crippen LogP contribution is 2.28. The summed E-state index contributed by atoms with van der Waals surface area (Å²) < 4.78 is 33.0. The van der Waals surface area contributed by atoms with Crippen LogP contribution in [0.5, 0.6) is 5.75 Å². The van der Waals surface area contributed by atoms with Crippen LogP contribution >= 0.6 is 0 Å². The van der Waals surface area contributed by atoms with Crippen LogP contribution < -0.4 is 14.8 Å². The molecule has 162 valence electrons. The minimum absolute atomic E-state index is 0.0118. The zero-order valence-electron chi connectivity index (χ0n) is 17.0. The quantitative estimate of drug-likeness (QED) is 0.565. The number of rotatable bonds is 9. The van der Waals surface area contributed by atoms with E-state index >= 15 is 0 Å². The molecule has 8 heteroatoms. The summed E-state index contributed by atoms with van der Waals surface area (Å²) in [6.45, 7) is -0.140.